The van der Waals surface area contributed by atoms with Crippen molar-refractivity contribution in [3.8, 4) is 5.88 Å². The summed E-state index contributed by atoms with van der Waals surface area (Å²) in [5.41, 5.74) is 0.758. The molecule has 0 aliphatic rings. The number of carbonyl (C=O) groups is 1. The highest BCUT2D eigenvalue weighted by Gasteiger charge is 2.18. The maximum atomic E-state index is 12.1. The van der Waals surface area contributed by atoms with Crippen LogP contribution in [-0.4, -0.2) is 32.7 Å². The molecule has 3 aromatic rings. The van der Waals surface area contributed by atoms with Gasteiger partial charge in [-0.05, 0) is 19.1 Å². The highest BCUT2D eigenvalue weighted by molar-refractivity contribution is 5.84. The highest BCUT2D eigenvalue weighted by Crippen LogP contribution is 2.20. The van der Waals surface area contributed by atoms with Gasteiger partial charge in [-0.15, -0.1) is 10.2 Å². The molecular formula is C17H19N5O3. The summed E-state index contributed by atoms with van der Waals surface area (Å²) in [6.45, 7) is 5.52. The molecule has 0 saturated carbocycles. The monoisotopic (exact) mass is 341 g/mol. The van der Waals surface area contributed by atoms with Gasteiger partial charge in [0.05, 0.1) is 10.9 Å². The van der Waals surface area contributed by atoms with Crippen LogP contribution in [0.5, 0.6) is 5.88 Å². The Morgan fingerprint density at radius 3 is 2.68 bits per heavy atom. The molecule has 0 saturated heterocycles. The molecule has 1 amide bonds. The lowest BCUT2D eigenvalue weighted by Gasteiger charge is -2.11. The number of aromatic nitrogens is 4. The van der Waals surface area contributed by atoms with E-state index in [2.05, 4.69) is 25.5 Å². The molecule has 0 aliphatic carbocycles. The molecule has 2 aromatic heterocycles. The Labute approximate surface area is 144 Å². The summed E-state index contributed by atoms with van der Waals surface area (Å²) in [6.07, 6.45) is 1.41. The third kappa shape index (κ3) is 3.90. The topological polar surface area (TPSA) is 103 Å². The maximum absolute atomic E-state index is 12.1. The van der Waals surface area contributed by atoms with Gasteiger partial charge in [0.2, 0.25) is 17.7 Å². The Morgan fingerprint density at radius 2 is 1.92 bits per heavy atom. The Balaban J connectivity index is 1.60. The van der Waals surface area contributed by atoms with E-state index in [0.717, 1.165) is 10.9 Å². The molecule has 0 fully saturated rings. The van der Waals surface area contributed by atoms with Crippen LogP contribution in [0.4, 0.5) is 0 Å². The van der Waals surface area contributed by atoms with Gasteiger partial charge in [-0.3, -0.25) is 4.79 Å². The second-order valence-electron chi connectivity index (χ2n) is 5.91. The number of benzene rings is 1. The van der Waals surface area contributed by atoms with Crippen molar-refractivity contribution in [2.45, 2.75) is 32.7 Å². The number of nitrogens with zero attached hydrogens (tertiary/aromatic N) is 4. The summed E-state index contributed by atoms with van der Waals surface area (Å²) in [6, 6.07) is 7.04. The van der Waals surface area contributed by atoms with E-state index in [1.54, 1.807) is 6.92 Å². The minimum Gasteiger partial charge on any atom is -0.467 e. The van der Waals surface area contributed by atoms with Gasteiger partial charge in [0.15, 0.2) is 6.61 Å². The second kappa shape index (κ2) is 7.25. The number of hydrogen-bond acceptors (Lipinski definition) is 7. The summed E-state index contributed by atoms with van der Waals surface area (Å²) < 4.78 is 11.1. The van der Waals surface area contributed by atoms with E-state index in [4.69, 9.17) is 9.15 Å². The fourth-order valence-corrected chi connectivity index (χ4v) is 2.23. The van der Waals surface area contributed by atoms with Crippen LogP contribution >= 0.6 is 0 Å². The molecule has 0 bridgehead atoms. The van der Waals surface area contributed by atoms with E-state index in [1.165, 1.54) is 6.33 Å². The number of amides is 1. The largest absolute Gasteiger partial charge is 0.467 e. The van der Waals surface area contributed by atoms with Crippen LogP contribution in [0.3, 0.4) is 0 Å². The first-order chi connectivity index (χ1) is 12.0. The smallest absolute Gasteiger partial charge is 0.258 e. The SMILES string of the molecule is CC(C)c1nnc(C(C)NC(=O)COc2ncnc3ccccc23)o1. The van der Waals surface area contributed by atoms with Gasteiger partial charge in [0, 0.05) is 5.92 Å². The molecule has 2 heterocycles. The van der Waals surface area contributed by atoms with Crippen molar-refractivity contribution in [2.24, 2.45) is 0 Å². The van der Waals surface area contributed by atoms with Crippen molar-refractivity contribution in [3.63, 3.8) is 0 Å². The van der Waals surface area contributed by atoms with E-state index in [1.807, 2.05) is 38.1 Å². The molecule has 0 spiro atoms. The zero-order chi connectivity index (χ0) is 17.8. The fourth-order valence-electron chi connectivity index (χ4n) is 2.23. The summed E-state index contributed by atoms with van der Waals surface area (Å²) >= 11 is 0. The molecule has 8 heteroatoms. The quantitative estimate of drug-likeness (QED) is 0.734. The van der Waals surface area contributed by atoms with Gasteiger partial charge >= 0.3 is 0 Å². The molecule has 1 aromatic carbocycles. The zero-order valence-electron chi connectivity index (χ0n) is 14.3. The van der Waals surface area contributed by atoms with Crippen molar-refractivity contribution in [3.05, 3.63) is 42.4 Å². The van der Waals surface area contributed by atoms with Crippen LogP contribution in [0.2, 0.25) is 0 Å². The Morgan fingerprint density at radius 1 is 1.16 bits per heavy atom. The second-order valence-corrected chi connectivity index (χ2v) is 5.91. The number of ether oxygens (including phenoxy) is 1. The summed E-state index contributed by atoms with van der Waals surface area (Å²) in [7, 11) is 0. The average Bonchev–Trinajstić information content (AvgIpc) is 3.10. The van der Waals surface area contributed by atoms with E-state index in [9.17, 15) is 4.79 Å². The van der Waals surface area contributed by atoms with Crippen LogP contribution in [0, 0.1) is 0 Å². The number of carbonyl (C=O) groups excluding carboxylic acids is 1. The lowest BCUT2D eigenvalue weighted by atomic mass is 10.2. The average molecular weight is 341 g/mol. The first kappa shape index (κ1) is 16.8. The van der Waals surface area contributed by atoms with E-state index >= 15 is 0 Å². The third-order valence-electron chi connectivity index (χ3n) is 3.54. The summed E-state index contributed by atoms with van der Waals surface area (Å²) in [5.74, 6) is 1.11. The van der Waals surface area contributed by atoms with Crippen molar-refractivity contribution in [2.75, 3.05) is 6.61 Å². The van der Waals surface area contributed by atoms with E-state index < -0.39 is 6.04 Å². The Hall–Kier alpha value is -3.03. The summed E-state index contributed by atoms with van der Waals surface area (Å²) in [4.78, 5) is 20.3. The first-order valence-electron chi connectivity index (χ1n) is 7.99. The Bertz CT molecular complexity index is 872. The normalized spacial score (nSPS) is 12.3. The van der Waals surface area contributed by atoms with Crippen molar-refractivity contribution < 1.29 is 13.9 Å². The number of hydrogen-bond donors (Lipinski definition) is 1. The molecule has 130 valence electrons. The predicted molar refractivity (Wildman–Crippen MR) is 90.0 cm³/mol. The Kier molecular flexibility index (Phi) is 4.87. The number of fused-ring (bicyclic) bond motifs is 1. The van der Waals surface area contributed by atoms with E-state index in [0.29, 0.717) is 17.7 Å². The van der Waals surface area contributed by atoms with Crippen LogP contribution in [0.25, 0.3) is 10.9 Å². The zero-order valence-corrected chi connectivity index (χ0v) is 14.3. The van der Waals surface area contributed by atoms with Gasteiger partial charge in [0.1, 0.15) is 12.4 Å². The van der Waals surface area contributed by atoms with Gasteiger partial charge < -0.3 is 14.5 Å². The molecule has 25 heavy (non-hydrogen) atoms. The lowest BCUT2D eigenvalue weighted by Crippen LogP contribution is -2.31. The molecule has 1 atom stereocenters. The first-order valence-corrected chi connectivity index (χ1v) is 7.99. The molecule has 0 aliphatic heterocycles. The van der Waals surface area contributed by atoms with Crippen molar-refractivity contribution in [1.29, 1.82) is 0 Å². The minimum atomic E-state index is -0.404. The van der Waals surface area contributed by atoms with E-state index in [-0.39, 0.29) is 18.4 Å². The summed E-state index contributed by atoms with van der Waals surface area (Å²) in [5, 5.41) is 11.4. The maximum Gasteiger partial charge on any atom is 0.258 e. The van der Waals surface area contributed by atoms with Crippen molar-refractivity contribution in [1.82, 2.24) is 25.5 Å². The van der Waals surface area contributed by atoms with Crippen molar-refractivity contribution >= 4 is 16.8 Å². The van der Waals surface area contributed by atoms with Gasteiger partial charge in [-0.25, -0.2) is 9.97 Å². The number of para-hydroxylation sites is 1. The molecular weight excluding hydrogens is 322 g/mol. The standard InChI is InChI=1S/C17H19N5O3/c1-10(2)15-21-22-16(25-15)11(3)20-14(23)8-24-17-12-6-4-5-7-13(12)18-9-19-17/h4-7,9-11H,8H2,1-3H3,(H,20,23). The highest BCUT2D eigenvalue weighted by atomic mass is 16.5. The van der Waals surface area contributed by atoms with Crippen LogP contribution in [0.15, 0.2) is 35.0 Å². The van der Waals surface area contributed by atoms with Crippen LogP contribution in [0.1, 0.15) is 44.5 Å². The lowest BCUT2D eigenvalue weighted by molar-refractivity contribution is -0.123. The minimum absolute atomic E-state index is 0.138. The van der Waals surface area contributed by atoms with Crippen LogP contribution in [-0.2, 0) is 4.79 Å². The number of rotatable bonds is 6. The van der Waals surface area contributed by atoms with Gasteiger partial charge in [-0.1, -0.05) is 26.0 Å². The molecule has 3 rings (SSSR count). The van der Waals surface area contributed by atoms with Crippen LogP contribution < -0.4 is 10.1 Å². The van der Waals surface area contributed by atoms with Gasteiger partial charge in [-0.2, -0.15) is 0 Å². The fraction of sp³-hybridized carbons (Fsp3) is 0.353. The molecule has 1 N–H and O–H groups in total. The molecule has 1 unspecified atom stereocenters. The molecule has 8 nitrogen and oxygen atoms in total. The van der Waals surface area contributed by atoms with Gasteiger partial charge in [0.25, 0.3) is 5.91 Å². The third-order valence-corrected chi connectivity index (χ3v) is 3.54. The predicted octanol–water partition coefficient (Wildman–Crippen LogP) is 2.39. The molecule has 0 radical (unpaired) electrons. The number of nitrogens with one attached hydrogen (secondary N) is 1.